The molecule has 0 saturated carbocycles. The van der Waals surface area contributed by atoms with E-state index in [9.17, 15) is 9.59 Å². The molecule has 5 heteroatoms. The van der Waals surface area contributed by atoms with Crippen molar-refractivity contribution >= 4 is 12.0 Å². The Morgan fingerprint density at radius 3 is 2.50 bits per heavy atom. The van der Waals surface area contributed by atoms with Gasteiger partial charge < -0.3 is 15.0 Å². The van der Waals surface area contributed by atoms with Crippen molar-refractivity contribution in [2.75, 3.05) is 19.7 Å². The van der Waals surface area contributed by atoms with Crippen LogP contribution in [0.1, 0.15) is 33.1 Å². The minimum Gasteiger partial charge on any atom is -0.464 e. The summed E-state index contributed by atoms with van der Waals surface area (Å²) in [6, 6.07) is -0.741. The molecule has 0 aromatic rings. The average molecular weight is 228 g/mol. The molecule has 1 aliphatic rings. The number of rotatable bonds is 3. The van der Waals surface area contributed by atoms with E-state index in [1.807, 2.05) is 0 Å². The fourth-order valence-corrected chi connectivity index (χ4v) is 1.70. The lowest BCUT2D eigenvalue weighted by Crippen LogP contribution is -2.48. The Morgan fingerprint density at radius 1 is 1.31 bits per heavy atom. The SMILES string of the molecule is CCOC(=O)C(C)NC(=O)N1CCCCC1. The maximum Gasteiger partial charge on any atom is 0.328 e. The van der Waals surface area contributed by atoms with E-state index in [0.29, 0.717) is 6.61 Å². The summed E-state index contributed by atoms with van der Waals surface area (Å²) < 4.78 is 4.82. The average Bonchev–Trinajstić information content (AvgIpc) is 2.30. The minimum atomic E-state index is -0.575. The first-order valence-electron chi connectivity index (χ1n) is 5.87. The van der Waals surface area contributed by atoms with Gasteiger partial charge in [-0.25, -0.2) is 9.59 Å². The third kappa shape index (κ3) is 3.72. The molecule has 1 unspecified atom stereocenters. The van der Waals surface area contributed by atoms with Crippen LogP contribution in [-0.2, 0) is 9.53 Å². The zero-order valence-corrected chi connectivity index (χ0v) is 9.99. The van der Waals surface area contributed by atoms with Crippen LogP contribution in [0.2, 0.25) is 0 Å². The molecule has 16 heavy (non-hydrogen) atoms. The van der Waals surface area contributed by atoms with Gasteiger partial charge in [0.15, 0.2) is 0 Å². The predicted octanol–water partition coefficient (Wildman–Crippen LogP) is 1.13. The van der Waals surface area contributed by atoms with Crippen LogP contribution in [0.4, 0.5) is 4.79 Å². The summed E-state index contributed by atoms with van der Waals surface area (Å²) in [6.45, 7) is 5.28. The normalized spacial score (nSPS) is 17.8. The first kappa shape index (κ1) is 12.8. The monoisotopic (exact) mass is 228 g/mol. The molecule has 1 aliphatic heterocycles. The Bertz CT molecular complexity index is 250. The van der Waals surface area contributed by atoms with Crippen LogP contribution in [-0.4, -0.2) is 42.6 Å². The summed E-state index contributed by atoms with van der Waals surface area (Å²) in [4.78, 5) is 24.8. The smallest absolute Gasteiger partial charge is 0.328 e. The second kappa shape index (κ2) is 6.35. The number of carbonyl (C=O) groups is 2. The maximum absolute atomic E-state index is 11.7. The lowest BCUT2D eigenvalue weighted by atomic mass is 10.1. The molecular formula is C11H20N2O3. The summed E-state index contributed by atoms with van der Waals surface area (Å²) in [5.74, 6) is -0.382. The van der Waals surface area contributed by atoms with Gasteiger partial charge in [-0.15, -0.1) is 0 Å². The highest BCUT2D eigenvalue weighted by Crippen LogP contribution is 2.08. The highest BCUT2D eigenvalue weighted by atomic mass is 16.5. The quantitative estimate of drug-likeness (QED) is 0.737. The van der Waals surface area contributed by atoms with E-state index in [2.05, 4.69) is 5.32 Å². The second-order valence-corrected chi connectivity index (χ2v) is 3.97. The highest BCUT2D eigenvalue weighted by molar-refractivity contribution is 5.83. The van der Waals surface area contributed by atoms with E-state index in [0.717, 1.165) is 25.9 Å². The van der Waals surface area contributed by atoms with Crippen molar-refractivity contribution in [3.05, 3.63) is 0 Å². The van der Waals surface area contributed by atoms with Crippen LogP contribution in [0.25, 0.3) is 0 Å². The van der Waals surface area contributed by atoms with E-state index in [-0.39, 0.29) is 12.0 Å². The van der Waals surface area contributed by atoms with E-state index >= 15 is 0 Å². The van der Waals surface area contributed by atoms with Gasteiger partial charge >= 0.3 is 12.0 Å². The molecule has 1 heterocycles. The van der Waals surface area contributed by atoms with Gasteiger partial charge in [-0.2, -0.15) is 0 Å². The van der Waals surface area contributed by atoms with Gasteiger partial charge in [-0.3, -0.25) is 0 Å². The molecule has 1 atom stereocenters. The molecule has 1 fully saturated rings. The topological polar surface area (TPSA) is 58.6 Å². The van der Waals surface area contributed by atoms with Crippen LogP contribution < -0.4 is 5.32 Å². The van der Waals surface area contributed by atoms with E-state index in [1.54, 1.807) is 18.7 Å². The van der Waals surface area contributed by atoms with Crippen LogP contribution in [0.5, 0.6) is 0 Å². The van der Waals surface area contributed by atoms with Gasteiger partial charge in [0.05, 0.1) is 6.61 Å². The van der Waals surface area contributed by atoms with Gasteiger partial charge in [0.1, 0.15) is 6.04 Å². The summed E-state index contributed by atoms with van der Waals surface area (Å²) >= 11 is 0. The summed E-state index contributed by atoms with van der Waals surface area (Å²) in [5, 5.41) is 2.65. The second-order valence-electron chi connectivity index (χ2n) is 3.97. The molecule has 1 rings (SSSR count). The van der Waals surface area contributed by atoms with E-state index in [4.69, 9.17) is 4.74 Å². The van der Waals surface area contributed by atoms with E-state index < -0.39 is 6.04 Å². The van der Waals surface area contributed by atoms with Crippen molar-refractivity contribution in [1.29, 1.82) is 0 Å². The third-order valence-corrected chi connectivity index (χ3v) is 2.62. The van der Waals surface area contributed by atoms with Gasteiger partial charge in [0.25, 0.3) is 0 Å². The number of carbonyl (C=O) groups excluding carboxylic acids is 2. The first-order chi connectivity index (χ1) is 7.65. The van der Waals surface area contributed by atoms with E-state index in [1.165, 1.54) is 6.42 Å². The lowest BCUT2D eigenvalue weighted by Gasteiger charge is -2.27. The molecule has 0 aromatic heterocycles. The Kier molecular flexibility index (Phi) is 5.08. The number of nitrogens with zero attached hydrogens (tertiary/aromatic N) is 1. The number of piperidine rings is 1. The Morgan fingerprint density at radius 2 is 1.94 bits per heavy atom. The molecule has 0 bridgehead atoms. The molecule has 0 aromatic carbocycles. The number of urea groups is 1. The summed E-state index contributed by atoms with van der Waals surface area (Å²) in [5.41, 5.74) is 0. The molecule has 0 radical (unpaired) electrons. The largest absolute Gasteiger partial charge is 0.464 e. The molecule has 5 nitrogen and oxygen atoms in total. The Labute approximate surface area is 96.1 Å². The van der Waals surface area contributed by atoms with Crippen LogP contribution in [0, 0.1) is 0 Å². The van der Waals surface area contributed by atoms with Gasteiger partial charge in [0.2, 0.25) is 0 Å². The number of hydrogen-bond donors (Lipinski definition) is 1. The minimum absolute atomic E-state index is 0.166. The van der Waals surface area contributed by atoms with Gasteiger partial charge in [-0.05, 0) is 33.1 Å². The van der Waals surface area contributed by atoms with Crippen molar-refractivity contribution in [1.82, 2.24) is 10.2 Å². The number of nitrogens with one attached hydrogen (secondary N) is 1. The number of likely N-dealkylation sites (tertiary alicyclic amines) is 1. The van der Waals surface area contributed by atoms with Crippen molar-refractivity contribution in [3.8, 4) is 0 Å². The van der Waals surface area contributed by atoms with Gasteiger partial charge in [0, 0.05) is 13.1 Å². The molecule has 1 N–H and O–H groups in total. The van der Waals surface area contributed by atoms with Crippen LogP contribution in [0.3, 0.4) is 0 Å². The number of esters is 1. The fraction of sp³-hybridized carbons (Fsp3) is 0.818. The number of hydrogen-bond acceptors (Lipinski definition) is 3. The molecule has 1 saturated heterocycles. The Hall–Kier alpha value is -1.26. The third-order valence-electron chi connectivity index (χ3n) is 2.62. The maximum atomic E-state index is 11.7. The standard InChI is InChI=1S/C11H20N2O3/c1-3-16-10(14)9(2)12-11(15)13-7-5-4-6-8-13/h9H,3-8H2,1-2H3,(H,12,15). The summed E-state index contributed by atoms with van der Waals surface area (Å²) in [7, 11) is 0. The van der Waals surface area contributed by atoms with Crippen molar-refractivity contribution in [2.24, 2.45) is 0 Å². The molecular weight excluding hydrogens is 208 g/mol. The fourth-order valence-electron chi connectivity index (χ4n) is 1.70. The number of ether oxygens (including phenoxy) is 1. The van der Waals surface area contributed by atoms with Crippen LogP contribution in [0.15, 0.2) is 0 Å². The van der Waals surface area contributed by atoms with Gasteiger partial charge in [-0.1, -0.05) is 0 Å². The van der Waals surface area contributed by atoms with Crippen molar-refractivity contribution in [3.63, 3.8) is 0 Å². The molecule has 2 amide bonds. The predicted molar refractivity (Wildman–Crippen MR) is 60.1 cm³/mol. The zero-order chi connectivity index (χ0) is 12.0. The zero-order valence-electron chi connectivity index (χ0n) is 9.99. The number of amides is 2. The molecule has 92 valence electrons. The van der Waals surface area contributed by atoms with Crippen molar-refractivity contribution < 1.29 is 14.3 Å². The van der Waals surface area contributed by atoms with Crippen LogP contribution >= 0.6 is 0 Å². The lowest BCUT2D eigenvalue weighted by molar-refractivity contribution is -0.144. The first-order valence-corrected chi connectivity index (χ1v) is 5.87. The Balaban J connectivity index is 2.34. The molecule has 0 aliphatic carbocycles. The summed E-state index contributed by atoms with van der Waals surface area (Å²) in [6.07, 6.45) is 3.26. The van der Waals surface area contributed by atoms with Crippen molar-refractivity contribution in [2.45, 2.75) is 39.2 Å². The highest BCUT2D eigenvalue weighted by Gasteiger charge is 2.21. The molecule has 0 spiro atoms.